The Kier molecular flexibility index (Phi) is 2.61. The van der Waals surface area contributed by atoms with Gasteiger partial charge in [-0.05, 0) is 24.5 Å². The molecule has 0 bridgehead atoms. The van der Waals surface area contributed by atoms with Crippen molar-refractivity contribution in [2.45, 2.75) is 31.7 Å². The predicted octanol–water partition coefficient (Wildman–Crippen LogP) is 1.31. The third-order valence-corrected chi connectivity index (χ3v) is 3.72. The van der Waals surface area contributed by atoms with Gasteiger partial charge in [0.1, 0.15) is 6.54 Å². The molecule has 3 aromatic rings. The molecule has 0 amide bonds. The number of hydrogen-bond donors (Lipinski definition) is 1. The van der Waals surface area contributed by atoms with Crippen LogP contribution in [-0.2, 0) is 19.4 Å². The van der Waals surface area contributed by atoms with Gasteiger partial charge in [-0.25, -0.2) is 0 Å². The first-order valence-electron chi connectivity index (χ1n) is 6.69. The number of H-pyrrole nitrogens is 1. The Morgan fingerprint density at radius 3 is 3.35 bits per heavy atom. The number of nitrogens with one attached hydrogen (secondary N) is 1. The number of hydrogen-bond acceptors (Lipinski definition) is 5. The SMILES string of the molecule is c1cnn(Cc2noc(C3CCc4cn[nH]c4C3)n2)c1. The van der Waals surface area contributed by atoms with Gasteiger partial charge in [0, 0.05) is 30.4 Å². The lowest BCUT2D eigenvalue weighted by atomic mass is 9.88. The first-order valence-corrected chi connectivity index (χ1v) is 6.69. The van der Waals surface area contributed by atoms with Crippen molar-refractivity contribution in [2.75, 3.05) is 0 Å². The molecule has 1 N–H and O–H groups in total. The van der Waals surface area contributed by atoms with E-state index in [9.17, 15) is 0 Å². The third kappa shape index (κ3) is 2.01. The van der Waals surface area contributed by atoms with E-state index in [2.05, 4.69) is 25.4 Å². The first-order chi connectivity index (χ1) is 9.88. The summed E-state index contributed by atoms with van der Waals surface area (Å²) in [5.41, 5.74) is 2.49. The maximum Gasteiger partial charge on any atom is 0.230 e. The van der Waals surface area contributed by atoms with Crippen molar-refractivity contribution in [2.24, 2.45) is 0 Å². The van der Waals surface area contributed by atoms with Crippen LogP contribution >= 0.6 is 0 Å². The van der Waals surface area contributed by atoms with Crippen molar-refractivity contribution < 1.29 is 4.52 Å². The molecule has 0 aromatic carbocycles. The minimum Gasteiger partial charge on any atom is -0.339 e. The monoisotopic (exact) mass is 270 g/mol. The Hall–Kier alpha value is -2.44. The summed E-state index contributed by atoms with van der Waals surface area (Å²) >= 11 is 0. The second-order valence-corrected chi connectivity index (χ2v) is 5.07. The van der Waals surface area contributed by atoms with E-state index in [1.54, 1.807) is 10.9 Å². The van der Waals surface area contributed by atoms with Crippen LogP contribution in [0.1, 0.15) is 35.3 Å². The van der Waals surface area contributed by atoms with E-state index in [4.69, 9.17) is 4.52 Å². The van der Waals surface area contributed by atoms with Crippen LogP contribution in [0.25, 0.3) is 0 Å². The molecule has 1 unspecified atom stereocenters. The van der Waals surface area contributed by atoms with Crippen LogP contribution in [0, 0.1) is 0 Å². The van der Waals surface area contributed by atoms with Crippen molar-refractivity contribution in [1.29, 1.82) is 0 Å². The van der Waals surface area contributed by atoms with E-state index in [0.29, 0.717) is 18.3 Å². The number of aryl methyl sites for hydroxylation is 1. The van der Waals surface area contributed by atoms with Crippen LogP contribution in [0.3, 0.4) is 0 Å². The smallest absolute Gasteiger partial charge is 0.230 e. The summed E-state index contributed by atoms with van der Waals surface area (Å²) in [6, 6.07) is 1.88. The van der Waals surface area contributed by atoms with Gasteiger partial charge in [-0.1, -0.05) is 5.16 Å². The van der Waals surface area contributed by atoms with Gasteiger partial charge < -0.3 is 4.52 Å². The minimum absolute atomic E-state index is 0.279. The number of fused-ring (bicyclic) bond motifs is 1. The van der Waals surface area contributed by atoms with Gasteiger partial charge in [0.2, 0.25) is 5.89 Å². The molecule has 7 heteroatoms. The lowest BCUT2D eigenvalue weighted by molar-refractivity contribution is 0.335. The van der Waals surface area contributed by atoms with Crippen molar-refractivity contribution >= 4 is 0 Å². The van der Waals surface area contributed by atoms with Crippen molar-refractivity contribution in [1.82, 2.24) is 30.1 Å². The van der Waals surface area contributed by atoms with Gasteiger partial charge in [-0.15, -0.1) is 0 Å². The maximum atomic E-state index is 5.41. The number of rotatable bonds is 3. The predicted molar refractivity (Wildman–Crippen MR) is 69.0 cm³/mol. The highest BCUT2D eigenvalue weighted by Gasteiger charge is 2.26. The topological polar surface area (TPSA) is 85.4 Å². The molecular formula is C13H14N6O. The Labute approximate surface area is 115 Å². The molecule has 1 aliphatic carbocycles. The average Bonchev–Trinajstić information content (AvgIpc) is 3.19. The summed E-state index contributed by atoms with van der Waals surface area (Å²) in [6.45, 7) is 0.540. The Morgan fingerprint density at radius 1 is 1.45 bits per heavy atom. The van der Waals surface area contributed by atoms with E-state index < -0.39 is 0 Å². The van der Waals surface area contributed by atoms with E-state index in [1.807, 2.05) is 18.5 Å². The molecule has 102 valence electrons. The highest BCUT2D eigenvalue weighted by molar-refractivity contribution is 5.22. The summed E-state index contributed by atoms with van der Waals surface area (Å²) in [6.07, 6.45) is 8.44. The van der Waals surface area contributed by atoms with Crippen LogP contribution in [0.2, 0.25) is 0 Å². The van der Waals surface area contributed by atoms with Crippen LogP contribution in [0.15, 0.2) is 29.2 Å². The van der Waals surface area contributed by atoms with E-state index in [1.165, 1.54) is 11.3 Å². The number of aromatic amines is 1. The molecule has 0 spiro atoms. The van der Waals surface area contributed by atoms with Gasteiger partial charge in [0.05, 0.1) is 6.20 Å². The third-order valence-electron chi connectivity index (χ3n) is 3.72. The molecule has 0 saturated heterocycles. The first kappa shape index (κ1) is 11.4. The molecule has 3 heterocycles. The average molecular weight is 270 g/mol. The quantitative estimate of drug-likeness (QED) is 0.775. The van der Waals surface area contributed by atoms with Gasteiger partial charge in [-0.2, -0.15) is 15.2 Å². The van der Waals surface area contributed by atoms with Gasteiger partial charge in [0.25, 0.3) is 0 Å². The molecule has 0 fully saturated rings. The molecule has 7 nitrogen and oxygen atoms in total. The summed E-state index contributed by atoms with van der Waals surface area (Å²) in [5.74, 6) is 1.66. The highest BCUT2D eigenvalue weighted by atomic mass is 16.5. The molecule has 4 rings (SSSR count). The van der Waals surface area contributed by atoms with Crippen molar-refractivity contribution in [3.8, 4) is 0 Å². The second kappa shape index (κ2) is 4.59. The Bertz CT molecular complexity index is 698. The zero-order valence-corrected chi connectivity index (χ0v) is 10.9. The molecule has 0 aliphatic heterocycles. The standard InChI is InChI=1S/C13H14N6O/c1-4-15-19(5-1)8-12-16-13(20-18-12)9-2-3-10-7-14-17-11(10)6-9/h1,4-5,7,9H,2-3,6,8H2,(H,14,17). The maximum absolute atomic E-state index is 5.41. The lowest BCUT2D eigenvalue weighted by Gasteiger charge is -2.17. The van der Waals surface area contributed by atoms with Crippen LogP contribution in [0.5, 0.6) is 0 Å². The molecule has 1 aliphatic rings. The fourth-order valence-electron chi connectivity index (χ4n) is 2.66. The Morgan fingerprint density at radius 2 is 2.45 bits per heavy atom. The highest BCUT2D eigenvalue weighted by Crippen LogP contribution is 2.30. The molecule has 20 heavy (non-hydrogen) atoms. The molecule has 0 saturated carbocycles. The van der Waals surface area contributed by atoms with Crippen LogP contribution in [0.4, 0.5) is 0 Å². The normalized spacial score (nSPS) is 18.1. The zero-order chi connectivity index (χ0) is 13.4. The molecular weight excluding hydrogens is 256 g/mol. The van der Waals surface area contributed by atoms with Gasteiger partial charge in [-0.3, -0.25) is 9.78 Å². The number of aromatic nitrogens is 6. The summed E-state index contributed by atoms with van der Waals surface area (Å²) in [5, 5.41) is 15.3. The van der Waals surface area contributed by atoms with E-state index in [0.717, 1.165) is 19.3 Å². The molecule has 1 atom stereocenters. The van der Waals surface area contributed by atoms with Crippen molar-refractivity contribution in [3.05, 3.63) is 47.6 Å². The van der Waals surface area contributed by atoms with E-state index in [-0.39, 0.29) is 5.92 Å². The minimum atomic E-state index is 0.279. The second-order valence-electron chi connectivity index (χ2n) is 5.07. The van der Waals surface area contributed by atoms with Crippen molar-refractivity contribution in [3.63, 3.8) is 0 Å². The fourth-order valence-corrected chi connectivity index (χ4v) is 2.66. The molecule has 3 aromatic heterocycles. The van der Waals surface area contributed by atoms with E-state index >= 15 is 0 Å². The molecule has 0 radical (unpaired) electrons. The lowest BCUT2D eigenvalue weighted by Crippen LogP contribution is -2.12. The summed E-state index contributed by atoms with van der Waals surface area (Å²) < 4.78 is 7.19. The summed E-state index contributed by atoms with van der Waals surface area (Å²) in [7, 11) is 0. The van der Waals surface area contributed by atoms with Crippen LogP contribution in [-0.4, -0.2) is 30.1 Å². The number of nitrogens with zero attached hydrogens (tertiary/aromatic N) is 5. The fraction of sp³-hybridized carbons (Fsp3) is 0.385. The zero-order valence-electron chi connectivity index (χ0n) is 10.9. The van der Waals surface area contributed by atoms with Crippen LogP contribution < -0.4 is 0 Å². The largest absolute Gasteiger partial charge is 0.339 e. The van der Waals surface area contributed by atoms with Gasteiger partial charge in [0.15, 0.2) is 5.82 Å². The van der Waals surface area contributed by atoms with Gasteiger partial charge >= 0.3 is 0 Å². The Balaban J connectivity index is 1.51. The summed E-state index contributed by atoms with van der Waals surface area (Å²) in [4.78, 5) is 4.49.